The Kier molecular flexibility index (Phi) is 3.48. The number of carbonyl (C=O) groups is 1. The summed E-state index contributed by atoms with van der Waals surface area (Å²) >= 11 is 0. The number of ether oxygens (including phenoxy) is 1. The van der Waals surface area contributed by atoms with Gasteiger partial charge in [-0.1, -0.05) is 12.1 Å². The Hall–Kier alpha value is -1.35. The molecule has 3 heteroatoms. The third-order valence-corrected chi connectivity index (χ3v) is 3.26. The first-order chi connectivity index (χ1) is 8.13. The Bertz CT molecular complexity index is 395. The quantitative estimate of drug-likeness (QED) is 0.748. The molecule has 1 aliphatic heterocycles. The first kappa shape index (κ1) is 12.1. The van der Waals surface area contributed by atoms with E-state index in [1.165, 1.54) is 5.69 Å². The van der Waals surface area contributed by atoms with Crippen LogP contribution in [0.15, 0.2) is 24.3 Å². The molecule has 3 nitrogen and oxygen atoms in total. The van der Waals surface area contributed by atoms with E-state index in [9.17, 15) is 4.79 Å². The van der Waals surface area contributed by atoms with Gasteiger partial charge in [-0.05, 0) is 31.5 Å². The van der Waals surface area contributed by atoms with E-state index < -0.39 is 5.41 Å². The van der Waals surface area contributed by atoms with Gasteiger partial charge in [-0.2, -0.15) is 0 Å². The van der Waals surface area contributed by atoms with Gasteiger partial charge >= 0.3 is 0 Å². The average Bonchev–Trinajstić information content (AvgIpc) is 2.40. The second kappa shape index (κ2) is 4.88. The van der Waals surface area contributed by atoms with Crippen LogP contribution in [0.3, 0.4) is 0 Å². The van der Waals surface area contributed by atoms with Crippen molar-refractivity contribution in [1.82, 2.24) is 0 Å². The maximum absolute atomic E-state index is 11.1. The lowest BCUT2D eigenvalue weighted by Crippen LogP contribution is -2.36. The molecule has 0 atom stereocenters. The SMILES string of the molecule is CC(C)(C=O)c1cccc(N2CCOCC2)c1. The van der Waals surface area contributed by atoms with Gasteiger partial charge in [0, 0.05) is 24.2 Å². The van der Waals surface area contributed by atoms with E-state index in [-0.39, 0.29) is 0 Å². The van der Waals surface area contributed by atoms with Gasteiger partial charge in [0.05, 0.1) is 13.2 Å². The zero-order valence-electron chi connectivity index (χ0n) is 10.5. The highest BCUT2D eigenvalue weighted by Crippen LogP contribution is 2.25. The highest BCUT2D eigenvalue weighted by molar-refractivity contribution is 5.68. The van der Waals surface area contributed by atoms with Crippen molar-refractivity contribution in [3.05, 3.63) is 29.8 Å². The van der Waals surface area contributed by atoms with Gasteiger partial charge in [0.25, 0.3) is 0 Å². The number of hydrogen-bond donors (Lipinski definition) is 0. The highest BCUT2D eigenvalue weighted by atomic mass is 16.5. The van der Waals surface area contributed by atoms with Gasteiger partial charge in [-0.15, -0.1) is 0 Å². The van der Waals surface area contributed by atoms with Crippen LogP contribution in [0.1, 0.15) is 19.4 Å². The number of hydrogen-bond acceptors (Lipinski definition) is 3. The molecule has 1 aromatic carbocycles. The third-order valence-electron chi connectivity index (χ3n) is 3.26. The largest absolute Gasteiger partial charge is 0.378 e. The molecule has 1 heterocycles. The molecule has 1 aromatic rings. The van der Waals surface area contributed by atoms with Crippen molar-refractivity contribution in [3.63, 3.8) is 0 Å². The Morgan fingerprint density at radius 2 is 2.00 bits per heavy atom. The number of nitrogens with zero attached hydrogens (tertiary/aromatic N) is 1. The fourth-order valence-corrected chi connectivity index (χ4v) is 1.99. The molecule has 1 saturated heterocycles. The fourth-order valence-electron chi connectivity index (χ4n) is 1.99. The van der Waals surface area contributed by atoms with Gasteiger partial charge in [-0.25, -0.2) is 0 Å². The van der Waals surface area contributed by atoms with Gasteiger partial charge in [0.2, 0.25) is 0 Å². The minimum atomic E-state index is -0.414. The van der Waals surface area contributed by atoms with Crippen molar-refractivity contribution in [2.45, 2.75) is 19.3 Å². The molecule has 0 aliphatic carbocycles. The number of morpholine rings is 1. The lowest BCUT2D eigenvalue weighted by atomic mass is 9.86. The summed E-state index contributed by atoms with van der Waals surface area (Å²) in [6.07, 6.45) is 1.01. The highest BCUT2D eigenvalue weighted by Gasteiger charge is 2.20. The molecule has 1 fully saturated rings. The summed E-state index contributed by atoms with van der Waals surface area (Å²) in [7, 11) is 0. The van der Waals surface area contributed by atoms with E-state index in [0.29, 0.717) is 0 Å². The summed E-state index contributed by atoms with van der Waals surface area (Å²) < 4.78 is 5.34. The predicted molar refractivity (Wildman–Crippen MR) is 68.6 cm³/mol. The molecule has 0 saturated carbocycles. The molecule has 17 heavy (non-hydrogen) atoms. The van der Waals surface area contributed by atoms with Crippen LogP contribution in [0.2, 0.25) is 0 Å². The van der Waals surface area contributed by atoms with E-state index in [1.54, 1.807) is 0 Å². The summed E-state index contributed by atoms with van der Waals surface area (Å²) in [5.74, 6) is 0. The van der Waals surface area contributed by atoms with Crippen LogP contribution in [0.5, 0.6) is 0 Å². The molecular weight excluding hydrogens is 214 g/mol. The van der Waals surface area contributed by atoms with Gasteiger partial charge in [0.1, 0.15) is 6.29 Å². The summed E-state index contributed by atoms with van der Waals surface area (Å²) in [6, 6.07) is 8.24. The number of aldehydes is 1. The van der Waals surface area contributed by atoms with Crippen molar-refractivity contribution < 1.29 is 9.53 Å². The van der Waals surface area contributed by atoms with Crippen molar-refractivity contribution in [1.29, 1.82) is 0 Å². The first-order valence-corrected chi connectivity index (χ1v) is 6.03. The van der Waals surface area contributed by atoms with Gasteiger partial charge in [0.15, 0.2) is 0 Å². The van der Waals surface area contributed by atoms with Crippen LogP contribution in [-0.2, 0) is 14.9 Å². The summed E-state index contributed by atoms with van der Waals surface area (Å²) in [5, 5.41) is 0. The minimum Gasteiger partial charge on any atom is -0.378 e. The van der Waals surface area contributed by atoms with E-state index in [0.717, 1.165) is 38.2 Å². The van der Waals surface area contributed by atoms with Crippen LogP contribution < -0.4 is 4.90 Å². The molecule has 0 bridgehead atoms. The van der Waals surface area contributed by atoms with E-state index in [1.807, 2.05) is 26.0 Å². The average molecular weight is 233 g/mol. The molecule has 0 radical (unpaired) electrons. The summed E-state index contributed by atoms with van der Waals surface area (Å²) in [5.41, 5.74) is 1.83. The Labute approximate surface area is 102 Å². The number of rotatable bonds is 3. The first-order valence-electron chi connectivity index (χ1n) is 6.03. The molecular formula is C14H19NO2. The van der Waals surface area contributed by atoms with E-state index in [4.69, 9.17) is 4.74 Å². The Morgan fingerprint density at radius 1 is 1.29 bits per heavy atom. The molecule has 0 spiro atoms. The summed E-state index contributed by atoms with van der Waals surface area (Å²) in [4.78, 5) is 13.4. The normalized spacial score (nSPS) is 16.9. The minimum absolute atomic E-state index is 0.414. The van der Waals surface area contributed by atoms with Crippen molar-refractivity contribution in [3.8, 4) is 0 Å². The third kappa shape index (κ3) is 2.67. The molecule has 0 aromatic heterocycles. The van der Waals surface area contributed by atoms with Gasteiger partial charge in [-0.3, -0.25) is 0 Å². The Balaban J connectivity index is 2.24. The maximum atomic E-state index is 11.1. The topological polar surface area (TPSA) is 29.5 Å². The second-order valence-corrected chi connectivity index (χ2v) is 4.99. The predicted octanol–water partition coefficient (Wildman–Crippen LogP) is 2.00. The Morgan fingerprint density at radius 3 is 2.65 bits per heavy atom. The lowest BCUT2D eigenvalue weighted by Gasteiger charge is -2.30. The number of anilines is 1. The second-order valence-electron chi connectivity index (χ2n) is 4.99. The molecule has 0 unspecified atom stereocenters. The van der Waals surface area contributed by atoms with Crippen LogP contribution in [0.4, 0.5) is 5.69 Å². The van der Waals surface area contributed by atoms with Crippen molar-refractivity contribution in [2.24, 2.45) is 0 Å². The molecule has 2 rings (SSSR count). The monoisotopic (exact) mass is 233 g/mol. The smallest absolute Gasteiger partial charge is 0.129 e. The lowest BCUT2D eigenvalue weighted by molar-refractivity contribution is -0.111. The van der Waals surface area contributed by atoms with E-state index >= 15 is 0 Å². The summed E-state index contributed by atoms with van der Waals surface area (Å²) in [6.45, 7) is 7.29. The van der Waals surface area contributed by atoms with Crippen LogP contribution in [0.25, 0.3) is 0 Å². The molecule has 1 aliphatic rings. The number of carbonyl (C=O) groups excluding carboxylic acids is 1. The zero-order valence-corrected chi connectivity index (χ0v) is 10.5. The van der Waals surface area contributed by atoms with Gasteiger partial charge < -0.3 is 14.4 Å². The molecule has 0 N–H and O–H groups in total. The number of benzene rings is 1. The fraction of sp³-hybridized carbons (Fsp3) is 0.500. The maximum Gasteiger partial charge on any atom is 0.129 e. The van der Waals surface area contributed by atoms with Crippen molar-refractivity contribution >= 4 is 12.0 Å². The van der Waals surface area contributed by atoms with Crippen LogP contribution in [0, 0.1) is 0 Å². The van der Waals surface area contributed by atoms with Crippen LogP contribution in [-0.4, -0.2) is 32.6 Å². The standard InChI is InChI=1S/C14H19NO2/c1-14(2,11-16)12-4-3-5-13(10-12)15-6-8-17-9-7-15/h3-5,10-11H,6-9H2,1-2H3. The van der Waals surface area contributed by atoms with Crippen molar-refractivity contribution in [2.75, 3.05) is 31.2 Å². The molecule has 0 amide bonds. The van der Waals surface area contributed by atoms with Crippen LogP contribution >= 0.6 is 0 Å². The molecule has 92 valence electrons. The zero-order chi connectivity index (χ0) is 12.3. The van der Waals surface area contributed by atoms with E-state index in [2.05, 4.69) is 17.0 Å².